The van der Waals surface area contributed by atoms with Crippen molar-refractivity contribution in [1.82, 2.24) is 0 Å². The van der Waals surface area contributed by atoms with Crippen molar-refractivity contribution in [2.24, 2.45) is 0 Å². The van der Waals surface area contributed by atoms with Crippen molar-refractivity contribution in [3.05, 3.63) is 46.4 Å². The maximum Gasteiger partial charge on any atom is 0.175 e. The topological polar surface area (TPSA) is 72.2 Å². The number of aryl methyl sites for hydroxylation is 1. The summed E-state index contributed by atoms with van der Waals surface area (Å²) >= 11 is 3.45. The van der Waals surface area contributed by atoms with Crippen molar-refractivity contribution in [2.75, 3.05) is 17.3 Å². The lowest BCUT2D eigenvalue weighted by molar-refractivity contribution is 0.602. The molecule has 0 aliphatic carbocycles. The van der Waals surface area contributed by atoms with Gasteiger partial charge in [-0.1, -0.05) is 22.9 Å². The van der Waals surface area contributed by atoms with Gasteiger partial charge in [-0.15, -0.1) is 0 Å². The van der Waals surface area contributed by atoms with Crippen LogP contribution in [-0.2, 0) is 16.3 Å². The summed E-state index contributed by atoms with van der Waals surface area (Å²) in [6.07, 6.45) is 2.04. The number of hydrogen-bond donors (Lipinski definition) is 2. The van der Waals surface area contributed by atoms with Gasteiger partial charge >= 0.3 is 0 Å². The van der Waals surface area contributed by atoms with Crippen LogP contribution in [-0.4, -0.2) is 14.7 Å². The van der Waals surface area contributed by atoms with Gasteiger partial charge in [-0.2, -0.15) is 0 Å². The highest BCUT2D eigenvalue weighted by Gasteiger charge is 2.10. The molecular weight excluding hydrogens is 352 g/mol. The number of benzene rings is 2. The first-order valence-corrected chi connectivity index (χ1v) is 9.14. The second-order valence-corrected chi connectivity index (χ2v) is 7.73. The van der Waals surface area contributed by atoms with Gasteiger partial charge in [-0.25, -0.2) is 8.42 Å². The number of rotatable bonds is 4. The smallest absolute Gasteiger partial charge is 0.175 e. The maximum atomic E-state index is 11.5. The molecule has 0 aliphatic rings. The van der Waals surface area contributed by atoms with Crippen LogP contribution >= 0.6 is 15.9 Å². The van der Waals surface area contributed by atoms with E-state index in [1.54, 1.807) is 12.1 Å². The normalized spacial score (nSPS) is 11.4. The lowest BCUT2D eigenvalue weighted by atomic mass is 10.1. The van der Waals surface area contributed by atoms with E-state index in [2.05, 4.69) is 28.2 Å². The summed E-state index contributed by atoms with van der Waals surface area (Å²) in [5, 5.41) is 3.26. The zero-order valence-corrected chi connectivity index (χ0v) is 14.3. The Balaban J connectivity index is 2.37. The third kappa shape index (κ3) is 3.77. The van der Waals surface area contributed by atoms with Gasteiger partial charge in [0.25, 0.3) is 0 Å². The van der Waals surface area contributed by atoms with Crippen LogP contribution in [0.4, 0.5) is 17.1 Å². The van der Waals surface area contributed by atoms with Gasteiger partial charge < -0.3 is 11.1 Å². The molecule has 0 spiro atoms. The highest BCUT2D eigenvalue weighted by Crippen LogP contribution is 2.29. The Morgan fingerprint density at radius 1 is 1.14 bits per heavy atom. The fourth-order valence-electron chi connectivity index (χ4n) is 2.01. The summed E-state index contributed by atoms with van der Waals surface area (Å²) in [7, 11) is -3.25. The van der Waals surface area contributed by atoms with Crippen molar-refractivity contribution in [1.29, 1.82) is 0 Å². The van der Waals surface area contributed by atoms with Gasteiger partial charge in [-0.05, 0) is 48.4 Å². The minimum absolute atomic E-state index is 0.220. The van der Waals surface area contributed by atoms with E-state index in [0.29, 0.717) is 11.4 Å². The van der Waals surface area contributed by atoms with Crippen LogP contribution in [0.1, 0.15) is 12.5 Å². The van der Waals surface area contributed by atoms with E-state index in [4.69, 9.17) is 5.73 Å². The van der Waals surface area contributed by atoms with Gasteiger partial charge in [0.05, 0.1) is 16.3 Å². The largest absolute Gasteiger partial charge is 0.397 e. The molecule has 0 atom stereocenters. The zero-order valence-electron chi connectivity index (χ0n) is 11.9. The highest BCUT2D eigenvalue weighted by atomic mass is 79.9. The zero-order chi connectivity index (χ0) is 15.6. The number of nitrogen functional groups attached to an aromatic ring is 1. The van der Waals surface area contributed by atoms with Crippen LogP contribution in [0, 0.1) is 0 Å². The molecule has 21 heavy (non-hydrogen) atoms. The molecule has 0 radical (unpaired) electrons. The van der Waals surface area contributed by atoms with Crippen LogP contribution in [0.5, 0.6) is 0 Å². The molecule has 0 heterocycles. The Bertz CT molecular complexity index is 773. The third-order valence-corrected chi connectivity index (χ3v) is 4.77. The first kappa shape index (κ1) is 15.9. The summed E-state index contributed by atoms with van der Waals surface area (Å²) in [5.74, 6) is 0. The first-order chi connectivity index (χ1) is 9.81. The Kier molecular flexibility index (Phi) is 4.58. The number of anilines is 3. The average Bonchev–Trinajstić information content (AvgIpc) is 2.41. The minimum Gasteiger partial charge on any atom is -0.397 e. The van der Waals surface area contributed by atoms with E-state index in [1.807, 2.05) is 18.2 Å². The van der Waals surface area contributed by atoms with Crippen molar-refractivity contribution in [3.63, 3.8) is 0 Å². The van der Waals surface area contributed by atoms with Crippen molar-refractivity contribution >= 4 is 42.8 Å². The molecule has 112 valence electrons. The fraction of sp³-hybridized carbons (Fsp3) is 0.200. The standard InChI is InChI=1S/C15H17BrN2O2S/c1-3-10-8-11(16)4-6-14(10)18-15-7-5-12(9-13(15)17)21(2,19)20/h4-9,18H,3,17H2,1-2H3. The lowest BCUT2D eigenvalue weighted by Gasteiger charge is -2.14. The predicted octanol–water partition coefficient (Wildman–Crippen LogP) is 3.74. The van der Waals surface area contributed by atoms with Crippen LogP contribution in [0.3, 0.4) is 0 Å². The molecule has 4 nitrogen and oxygen atoms in total. The van der Waals surface area contributed by atoms with E-state index >= 15 is 0 Å². The molecule has 0 unspecified atom stereocenters. The number of nitrogens with one attached hydrogen (secondary N) is 1. The molecule has 0 aromatic heterocycles. The van der Waals surface area contributed by atoms with Gasteiger partial charge in [0.2, 0.25) is 0 Å². The second-order valence-electron chi connectivity index (χ2n) is 4.80. The Morgan fingerprint density at radius 2 is 1.81 bits per heavy atom. The van der Waals surface area contributed by atoms with Gasteiger partial charge in [0.15, 0.2) is 9.84 Å². The van der Waals surface area contributed by atoms with Crippen molar-refractivity contribution in [2.45, 2.75) is 18.2 Å². The van der Waals surface area contributed by atoms with Crippen LogP contribution in [0.2, 0.25) is 0 Å². The van der Waals surface area contributed by atoms with E-state index in [0.717, 1.165) is 22.1 Å². The van der Waals surface area contributed by atoms with Crippen molar-refractivity contribution in [3.8, 4) is 0 Å². The summed E-state index contributed by atoms with van der Waals surface area (Å²) in [4.78, 5) is 0.220. The van der Waals surface area contributed by atoms with Crippen molar-refractivity contribution < 1.29 is 8.42 Å². The molecule has 2 aromatic carbocycles. The van der Waals surface area contributed by atoms with E-state index < -0.39 is 9.84 Å². The Hall–Kier alpha value is -1.53. The van der Waals surface area contributed by atoms with Crippen LogP contribution in [0.25, 0.3) is 0 Å². The van der Waals surface area contributed by atoms with Gasteiger partial charge in [0, 0.05) is 16.4 Å². The summed E-state index contributed by atoms with van der Waals surface area (Å²) in [6, 6.07) is 10.7. The number of sulfone groups is 1. The quantitative estimate of drug-likeness (QED) is 0.806. The second kappa shape index (κ2) is 6.07. The summed E-state index contributed by atoms with van der Waals surface area (Å²) in [5.41, 5.74) is 9.16. The van der Waals surface area contributed by atoms with Gasteiger partial charge in [-0.3, -0.25) is 0 Å². The molecule has 2 rings (SSSR count). The molecule has 0 bridgehead atoms. The Labute approximate surface area is 133 Å². The van der Waals surface area contributed by atoms with E-state index in [9.17, 15) is 8.42 Å². The highest BCUT2D eigenvalue weighted by molar-refractivity contribution is 9.10. The molecule has 0 saturated carbocycles. The molecule has 0 fully saturated rings. The maximum absolute atomic E-state index is 11.5. The predicted molar refractivity (Wildman–Crippen MR) is 90.8 cm³/mol. The third-order valence-electron chi connectivity index (χ3n) is 3.17. The number of nitrogens with two attached hydrogens (primary N) is 1. The SMILES string of the molecule is CCc1cc(Br)ccc1Nc1ccc(S(C)(=O)=O)cc1N. The summed E-state index contributed by atoms with van der Waals surface area (Å²) in [6.45, 7) is 2.07. The van der Waals surface area contributed by atoms with Crippen LogP contribution in [0.15, 0.2) is 45.8 Å². The first-order valence-electron chi connectivity index (χ1n) is 6.46. The molecule has 0 amide bonds. The molecule has 2 aromatic rings. The minimum atomic E-state index is -3.25. The monoisotopic (exact) mass is 368 g/mol. The number of hydrogen-bond acceptors (Lipinski definition) is 4. The Morgan fingerprint density at radius 3 is 2.38 bits per heavy atom. The van der Waals surface area contributed by atoms with Crippen LogP contribution < -0.4 is 11.1 Å². The van der Waals surface area contributed by atoms with E-state index in [-0.39, 0.29) is 4.90 Å². The molecule has 0 saturated heterocycles. The van der Waals surface area contributed by atoms with E-state index in [1.165, 1.54) is 12.3 Å². The summed E-state index contributed by atoms with van der Waals surface area (Å²) < 4.78 is 24.0. The molecule has 6 heteroatoms. The molecular formula is C15H17BrN2O2S. The van der Waals surface area contributed by atoms with Gasteiger partial charge in [0.1, 0.15) is 0 Å². The molecule has 3 N–H and O–H groups in total. The fourth-order valence-corrected chi connectivity index (χ4v) is 3.07. The average molecular weight is 369 g/mol. The molecule has 0 aliphatic heterocycles. The lowest BCUT2D eigenvalue weighted by Crippen LogP contribution is -2.02. The number of halogens is 1.